The van der Waals surface area contributed by atoms with Crippen LogP contribution in [-0.4, -0.2) is 36.0 Å². The number of aromatic nitrogens is 2. The number of carbonyl (C=O) groups excluding carboxylic acids is 1. The highest BCUT2D eigenvalue weighted by atomic mass is 19.4. The molecule has 1 aliphatic heterocycles. The molecule has 0 radical (unpaired) electrons. The Bertz CT molecular complexity index is 1050. The van der Waals surface area contributed by atoms with E-state index in [0.29, 0.717) is 29.8 Å². The van der Waals surface area contributed by atoms with Crippen molar-refractivity contribution in [3.8, 4) is 0 Å². The van der Waals surface area contributed by atoms with Gasteiger partial charge >= 0.3 is 6.18 Å². The van der Waals surface area contributed by atoms with Gasteiger partial charge in [0.25, 0.3) is 5.91 Å². The molecule has 1 amide bonds. The maximum Gasteiger partial charge on any atom is 0.417 e. The van der Waals surface area contributed by atoms with E-state index in [9.17, 15) is 18.0 Å². The van der Waals surface area contributed by atoms with Crippen LogP contribution in [0.2, 0.25) is 0 Å². The van der Waals surface area contributed by atoms with E-state index in [1.54, 1.807) is 12.1 Å². The molecule has 0 fully saturated rings. The molecule has 2 aromatic carbocycles. The fourth-order valence-electron chi connectivity index (χ4n) is 3.36. The highest BCUT2D eigenvalue weighted by Gasteiger charge is 2.37. The number of hydrogen-bond acceptors (Lipinski definition) is 4. The zero-order valence-corrected chi connectivity index (χ0v) is 15.1. The predicted molar refractivity (Wildman–Crippen MR) is 101 cm³/mol. The molecule has 3 aromatic rings. The molecule has 0 saturated carbocycles. The molecule has 0 saturated heterocycles. The van der Waals surface area contributed by atoms with Gasteiger partial charge in [-0.15, -0.1) is 0 Å². The number of alkyl halides is 3. The first kappa shape index (κ1) is 18.2. The van der Waals surface area contributed by atoms with Crippen LogP contribution in [0.1, 0.15) is 22.3 Å². The van der Waals surface area contributed by atoms with Gasteiger partial charge in [0.15, 0.2) is 11.6 Å². The fourth-order valence-corrected chi connectivity index (χ4v) is 3.36. The Morgan fingerprint density at radius 3 is 2.21 bits per heavy atom. The number of benzene rings is 2. The highest BCUT2D eigenvalue weighted by Crippen LogP contribution is 2.35. The largest absolute Gasteiger partial charge is 0.417 e. The summed E-state index contributed by atoms with van der Waals surface area (Å²) in [5, 5.41) is 0. The fraction of sp³-hybridized carbons (Fsp3) is 0.250. The first-order valence-electron chi connectivity index (χ1n) is 8.82. The van der Waals surface area contributed by atoms with Crippen LogP contribution in [-0.2, 0) is 6.18 Å². The quantitative estimate of drug-likeness (QED) is 0.631. The third kappa shape index (κ3) is 3.15. The molecule has 0 N–H and O–H groups in total. The SMILES string of the molecule is CN1CCCN(C(=O)c2ccccc2C(F)(F)F)c2nc3ccccc3nc21. The molecule has 144 valence electrons. The summed E-state index contributed by atoms with van der Waals surface area (Å²) in [5.74, 6) is 0.0313. The summed E-state index contributed by atoms with van der Waals surface area (Å²) < 4.78 is 40.2. The monoisotopic (exact) mass is 386 g/mol. The normalized spacial score (nSPS) is 14.7. The van der Waals surface area contributed by atoms with Gasteiger partial charge in [0.1, 0.15) is 0 Å². The third-order valence-corrected chi connectivity index (χ3v) is 4.73. The summed E-state index contributed by atoms with van der Waals surface area (Å²) in [4.78, 5) is 25.5. The molecule has 0 unspecified atom stereocenters. The Morgan fingerprint density at radius 1 is 0.929 bits per heavy atom. The van der Waals surface area contributed by atoms with Crippen LogP contribution in [0.25, 0.3) is 11.0 Å². The minimum atomic E-state index is -4.62. The minimum absolute atomic E-state index is 0.259. The lowest BCUT2D eigenvalue weighted by molar-refractivity contribution is -0.137. The molecule has 0 aliphatic carbocycles. The summed E-state index contributed by atoms with van der Waals surface area (Å²) in [6.45, 7) is 0.875. The standard InChI is InChI=1S/C20H17F3N4O/c1-26-11-6-12-27(18-17(26)24-15-9-4-5-10-16(15)25-18)19(28)13-7-2-3-8-14(13)20(21,22)23/h2-5,7-10H,6,11-12H2,1H3. The van der Waals surface area contributed by atoms with Crippen LogP contribution in [0.5, 0.6) is 0 Å². The van der Waals surface area contributed by atoms with Crippen LogP contribution in [0, 0.1) is 0 Å². The number of para-hydroxylation sites is 2. The summed E-state index contributed by atoms with van der Waals surface area (Å²) in [7, 11) is 1.83. The van der Waals surface area contributed by atoms with Crippen molar-refractivity contribution in [2.75, 3.05) is 29.9 Å². The highest BCUT2D eigenvalue weighted by molar-refractivity contribution is 6.08. The summed E-state index contributed by atoms with van der Waals surface area (Å²) in [5.41, 5.74) is -0.0927. The Morgan fingerprint density at radius 2 is 1.54 bits per heavy atom. The van der Waals surface area contributed by atoms with Crippen molar-refractivity contribution >= 4 is 28.6 Å². The van der Waals surface area contributed by atoms with Crippen LogP contribution >= 0.6 is 0 Å². The van der Waals surface area contributed by atoms with Crippen molar-refractivity contribution in [3.63, 3.8) is 0 Å². The molecular formula is C20H17F3N4O. The first-order valence-corrected chi connectivity index (χ1v) is 8.82. The summed E-state index contributed by atoms with van der Waals surface area (Å²) in [6, 6.07) is 12.0. The topological polar surface area (TPSA) is 49.3 Å². The van der Waals surface area contributed by atoms with Crippen molar-refractivity contribution in [1.82, 2.24) is 9.97 Å². The third-order valence-electron chi connectivity index (χ3n) is 4.73. The van der Waals surface area contributed by atoms with Gasteiger partial charge in [-0.05, 0) is 30.7 Å². The van der Waals surface area contributed by atoms with E-state index in [4.69, 9.17) is 0 Å². The molecular weight excluding hydrogens is 369 g/mol. The molecule has 2 heterocycles. The molecule has 8 heteroatoms. The lowest BCUT2D eigenvalue weighted by Crippen LogP contribution is -2.34. The van der Waals surface area contributed by atoms with Crippen molar-refractivity contribution in [2.45, 2.75) is 12.6 Å². The van der Waals surface area contributed by atoms with Gasteiger partial charge in [-0.3, -0.25) is 9.69 Å². The number of carbonyl (C=O) groups is 1. The van der Waals surface area contributed by atoms with Crippen molar-refractivity contribution in [1.29, 1.82) is 0 Å². The number of nitrogens with zero attached hydrogens (tertiary/aromatic N) is 4. The molecule has 28 heavy (non-hydrogen) atoms. The molecule has 0 bridgehead atoms. The number of amides is 1. The van der Waals surface area contributed by atoms with Crippen molar-refractivity contribution in [3.05, 3.63) is 59.7 Å². The Balaban J connectivity index is 1.87. The van der Waals surface area contributed by atoms with Gasteiger partial charge in [0.2, 0.25) is 0 Å². The van der Waals surface area contributed by atoms with E-state index in [0.717, 1.165) is 6.07 Å². The van der Waals surface area contributed by atoms with E-state index >= 15 is 0 Å². The van der Waals surface area contributed by atoms with Crippen LogP contribution in [0.4, 0.5) is 24.8 Å². The van der Waals surface area contributed by atoms with Crippen molar-refractivity contribution < 1.29 is 18.0 Å². The lowest BCUT2D eigenvalue weighted by atomic mass is 10.1. The average Bonchev–Trinajstić information content (AvgIpc) is 2.84. The van der Waals surface area contributed by atoms with E-state index in [1.165, 1.54) is 23.1 Å². The maximum atomic E-state index is 13.4. The van der Waals surface area contributed by atoms with Gasteiger partial charge in [-0.2, -0.15) is 13.2 Å². The number of rotatable bonds is 1. The first-order chi connectivity index (χ1) is 13.4. The van der Waals surface area contributed by atoms with Gasteiger partial charge in [-0.25, -0.2) is 9.97 Å². The average molecular weight is 386 g/mol. The Kier molecular flexibility index (Phi) is 4.41. The van der Waals surface area contributed by atoms with E-state index in [2.05, 4.69) is 9.97 Å². The van der Waals surface area contributed by atoms with Gasteiger partial charge in [0, 0.05) is 20.1 Å². The van der Waals surface area contributed by atoms with E-state index in [-0.39, 0.29) is 17.9 Å². The van der Waals surface area contributed by atoms with Crippen LogP contribution < -0.4 is 9.80 Å². The zero-order valence-electron chi connectivity index (χ0n) is 15.1. The molecule has 4 rings (SSSR count). The summed E-state index contributed by atoms with van der Waals surface area (Å²) in [6.07, 6.45) is -4.03. The van der Waals surface area contributed by atoms with Crippen LogP contribution in [0.15, 0.2) is 48.5 Å². The van der Waals surface area contributed by atoms with E-state index < -0.39 is 17.6 Å². The minimum Gasteiger partial charge on any atom is -0.357 e. The second-order valence-electron chi connectivity index (χ2n) is 6.63. The van der Waals surface area contributed by atoms with Gasteiger partial charge in [0.05, 0.1) is 22.2 Å². The lowest BCUT2D eigenvalue weighted by Gasteiger charge is -2.24. The zero-order chi connectivity index (χ0) is 19.9. The molecule has 1 aliphatic rings. The second kappa shape index (κ2) is 6.78. The smallest absolute Gasteiger partial charge is 0.357 e. The van der Waals surface area contributed by atoms with E-state index in [1.807, 2.05) is 24.1 Å². The number of fused-ring (bicyclic) bond motifs is 2. The number of hydrogen-bond donors (Lipinski definition) is 0. The maximum absolute atomic E-state index is 13.4. The molecule has 5 nitrogen and oxygen atoms in total. The van der Waals surface area contributed by atoms with Gasteiger partial charge in [-0.1, -0.05) is 24.3 Å². The molecule has 1 aromatic heterocycles. The predicted octanol–water partition coefficient (Wildman–Crippen LogP) is 4.14. The molecule has 0 spiro atoms. The van der Waals surface area contributed by atoms with Crippen LogP contribution in [0.3, 0.4) is 0 Å². The number of halogens is 3. The van der Waals surface area contributed by atoms with Crippen molar-refractivity contribution in [2.24, 2.45) is 0 Å². The summed E-state index contributed by atoms with van der Waals surface area (Å²) >= 11 is 0. The Hall–Kier alpha value is -3.16. The van der Waals surface area contributed by atoms with Gasteiger partial charge < -0.3 is 4.90 Å². The molecule has 0 atom stereocenters. The number of anilines is 2. The Labute approximate surface area is 159 Å². The second-order valence-corrected chi connectivity index (χ2v) is 6.63.